The number of hydrogen-bond donors (Lipinski definition) is 0. The van der Waals surface area contributed by atoms with Crippen LogP contribution in [0.3, 0.4) is 0 Å². The van der Waals surface area contributed by atoms with Crippen molar-refractivity contribution in [2.24, 2.45) is 5.92 Å². The van der Waals surface area contributed by atoms with Crippen molar-refractivity contribution in [3.8, 4) is 0 Å². The average Bonchev–Trinajstić information content (AvgIpc) is 3.42. The highest BCUT2D eigenvalue weighted by Gasteiger charge is 2.53. The summed E-state index contributed by atoms with van der Waals surface area (Å²) < 4.78 is 28.6. The van der Waals surface area contributed by atoms with Gasteiger partial charge in [0.15, 0.2) is 0 Å². The van der Waals surface area contributed by atoms with Crippen LogP contribution in [0.2, 0.25) is 0 Å². The van der Waals surface area contributed by atoms with Crippen LogP contribution in [0.4, 0.5) is 8.78 Å². The van der Waals surface area contributed by atoms with E-state index in [-0.39, 0.29) is 17.9 Å². The highest BCUT2D eigenvalue weighted by Crippen LogP contribution is 2.37. The van der Waals surface area contributed by atoms with Crippen molar-refractivity contribution in [3.63, 3.8) is 0 Å². The van der Waals surface area contributed by atoms with E-state index in [2.05, 4.69) is 0 Å². The summed E-state index contributed by atoms with van der Waals surface area (Å²) in [6.07, 6.45) is 2.65. The maximum Gasteiger partial charge on any atom is 0.262 e. The molecule has 0 N–H and O–H groups in total. The summed E-state index contributed by atoms with van der Waals surface area (Å²) in [6.45, 7) is 3.70. The lowest BCUT2D eigenvalue weighted by atomic mass is 10.0. The van der Waals surface area contributed by atoms with E-state index in [0.717, 1.165) is 19.3 Å². The first-order valence-electron chi connectivity index (χ1n) is 10.6. The molecule has 1 aliphatic carbocycles. The summed E-state index contributed by atoms with van der Waals surface area (Å²) in [4.78, 5) is 30.8. The molecule has 4 rings (SSSR count). The predicted molar refractivity (Wildman–Crippen MR) is 106 cm³/mol. The molecule has 158 valence electrons. The second kappa shape index (κ2) is 8.01. The third-order valence-corrected chi connectivity index (χ3v) is 6.21. The number of nitrogens with zero attached hydrogens (tertiary/aromatic N) is 3. The number of likely N-dealkylation sites (tertiary alicyclic amines) is 2. The molecule has 0 bridgehead atoms. The van der Waals surface area contributed by atoms with E-state index in [9.17, 15) is 18.4 Å². The van der Waals surface area contributed by atoms with Gasteiger partial charge in [-0.1, -0.05) is 25.1 Å². The van der Waals surface area contributed by atoms with Crippen molar-refractivity contribution >= 4 is 11.8 Å². The monoisotopic (exact) mass is 405 g/mol. The molecule has 7 heteroatoms. The highest BCUT2D eigenvalue weighted by molar-refractivity contribution is 5.94. The quantitative estimate of drug-likeness (QED) is 0.701. The number of amides is 2. The Morgan fingerprint density at radius 2 is 1.86 bits per heavy atom. The molecule has 1 saturated carbocycles. The van der Waals surface area contributed by atoms with Crippen LogP contribution in [-0.4, -0.2) is 77.2 Å². The Hall–Kier alpha value is -2.02. The molecule has 1 atom stereocenters. The Kier molecular flexibility index (Phi) is 5.60. The standard InChI is InChI=1S/C22H29F2N3O2/c1-2-10-25(12-16-8-9-16)21(29)19-11-22(23,24)15-27(19)18-13-26(14-18)20(28)17-6-4-3-5-7-17/h3-7,16,18-19H,2,8-15H2,1H3/t19-/m0/s1. The van der Waals surface area contributed by atoms with Gasteiger partial charge in [-0.2, -0.15) is 0 Å². The highest BCUT2D eigenvalue weighted by atomic mass is 19.3. The van der Waals surface area contributed by atoms with Crippen LogP contribution in [-0.2, 0) is 4.79 Å². The Bertz CT molecular complexity index is 748. The van der Waals surface area contributed by atoms with E-state index in [1.807, 2.05) is 25.1 Å². The second-order valence-corrected chi connectivity index (χ2v) is 8.71. The Morgan fingerprint density at radius 1 is 1.17 bits per heavy atom. The molecule has 2 heterocycles. The van der Waals surface area contributed by atoms with Crippen molar-refractivity contribution in [1.29, 1.82) is 0 Å². The molecular weight excluding hydrogens is 376 g/mol. The van der Waals surface area contributed by atoms with Gasteiger partial charge in [-0.25, -0.2) is 8.78 Å². The molecule has 0 aromatic heterocycles. The summed E-state index contributed by atoms with van der Waals surface area (Å²) in [5.74, 6) is -2.58. The van der Waals surface area contributed by atoms with E-state index >= 15 is 0 Å². The largest absolute Gasteiger partial charge is 0.341 e. The van der Waals surface area contributed by atoms with Crippen LogP contribution in [0.25, 0.3) is 0 Å². The number of carbonyl (C=O) groups excluding carboxylic acids is 2. The molecule has 3 aliphatic rings. The summed E-state index contributed by atoms with van der Waals surface area (Å²) in [5, 5.41) is 0. The summed E-state index contributed by atoms with van der Waals surface area (Å²) in [6, 6.07) is 8.01. The van der Waals surface area contributed by atoms with Gasteiger partial charge in [-0.05, 0) is 37.3 Å². The topological polar surface area (TPSA) is 43.9 Å². The summed E-state index contributed by atoms with van der Waals surface area (Å²) in [7, 11) is 0. The summed E-state index contributed by atoms with van der Waals surface area (Å²) >= 11 is 0. The lowest BCUT2D eigenvalue weighted by Gasteiger charge is -2.46. The zero-order chi connectivity index (χ0) is 20.6. The molecule has 0 spiro atoms. The van der Waals surface area contributed by atoms with Gasteiger partial charge in [0.25, 0.3) is 11.8 Å². The molecule has 0 radical (unpaired) electrons. The molecule has 3 fully saturated rings. The Morgan fingerprint density at radius 3 is 2.48 bits per heavy atom. The van der Waals surface area contributed by atoms with Crippen LogP contribution in [0.5, 0.6) is 0 Å². The van der Waals surface area contributed by atoms with Crippen molar-refractivity contribution in [2.45, 2.75) is 50.6 Å². The lowest BCUT2D eigenvalue weighted by Crippen LogP contribution is -2.64. The molecular formula is C22H29F2N3O2. The molecule has 1 aromatic carbocycles. The van der Waals surface area contributed by atoms with Crippen LogP contribution >= 0.6 is 0 Å². The fourth-order valence-corrected chi connectivity index (χ4v) is 4.43. The molecule has 1 aromatic rings. The number of carbonyl (C=O) groups is 2. The third-order valence-electron chi connectivity index (χ3n) is 6.21. The van der Waals surface area contributed by atoms with Crippen LogP contribution in [0, 0.1) is 5.92 Å². The van der Waals surface area contributed by atoms with Gasteiger partial charge < -0.3 is 9.80 Å². The fraction of sp³-hybridized carbons (Fsp3) is 0.636. The van der Waals surface area contributed by atoms with Gasteiger partial charge in [-0.15, -0.1) is 0 Å². The number of hydrogen-bond acceptors (Lipinski definition) is 3. The maximum atomic E-state index is 14.3. The fourth-order valence-electron chi connectivity index (χ4n) is 4.43. The molecule has 2 amide bonds. The molecule has 29 heavy (non-hydrogen) atoms. The van der Waals surface area contributed by atoms with Gasteiger partial charge in [0.1, 0.15) is 0 Å². The van der Waals surface area contributed by atoms with Gasteiger partial charge in [0.2, 0.25) is 5.91 Å². The van der Waals surface area contributed by atoms with E-state index in [1.54, 1.807) is 26.8 Å². The SMILES string of the molecule is CCCN(CC1CC1)C(=O)[C@@H]1CC(F)(F)CN1C1CN(C(=O)c2ccccc2)C1. The van der Waals surface area contributed by atoms with Crippen molar-refractivity contribution in [1.82, 2.24) is 14.7 Å². The van der Waals surface area contributed by atoms with Gasteiger partial charge in [0.05, 0.1) is 12.6 Å². The van der Waals surface area contributed by atoms with Crippen LogP contribution in [0.1, 0.15) is 43.0 Å². The van der Waals surface area contributed by atoms with Crippen molar-refractivity contribution in [2.75, 3.05) is 32.7 Å². The zero-order valence-corrected chi connectivity index (χ0v) is 16.9. The van der Waals surface area contributed by atoms with Crippen molar-refractivity contribution in [3.05, 3.63) is 35.9 Å². The molecule has 2 saturated heterocycles. The third kappa shape index (κ3) is 4.44. The van der Waals surface area contributed by atoms with Gasteiger partial charge in [0, 0.05) is 44.2 Å². The van der Waals surface area contributed by atoms with Crippen LogP contribution < -0.4 is 0 Å². The number of halogens is 2. The van der Waals surface area contributed by atoms with Crippen LogP contribution in [0.15, 0.2) is 30.3 Å². The van der Waals surface area contributed by atoms with Crippen molar-refractivity contribution < 1.29 is 18.4 Å². The van der Waals surface area contributed by atoms with Gasteiger partial charge in [-0.3, -0.25) is 14.5 Å². The first-order valence-corrected chi connectivity index (χ1v) is 10.6. The number of alkyl halides is 2. The number of benzene rings is 1. The minimum atomic E-state index is -2.86. The predicted octanol–water partition coefficient (Wildman–Crippen LogP) is 2.87. The van der Waals surface area contributed by atoms with E-state index < -0.39 is 24.9 Å². The average molecular weight is 405 g/mol. The zero-order valence-electron chi connectivity index (χ0n) is 16.9. The Labute approximate surface area is 170 Å². The number of rotatable bonds is 7. The minimum Gasteiger partial charge on any atom is -0.341 e. The van der Waals surface area contributed by atoms with E-state index in [0.29, 0.717) is 37.7 Å². The van der Waals surface area contributed by atoms with E-state index in [4.69, 9.17) is 0 Å². The normalized spacial score (nSPS) is 24.4. The minimum absolute atomic E-state index is 0.0861. The Balaban J connectivity index is 1.41. The molecule has 5 nitrogen and oxygen atoms in total. The molecule has 0 unspecified atom stereocenters. The molecule has 2 aliphatic heterocycles. The first kappa shape index (κ1) is 20.3. The van der Waals surface area contributed by atoms with Gasteiger partial charge >= 0.3 is 0 Å². The lowest BCUT2D eigenvalue weighted by molar-refractivity contribution is -0.138. The maximum absolute atomic E-state index is 14.3. The van der Waals surface area contributed by atoms with E-state index in [1.165, 1.54) is 0 Å². The first-order chi connectivity index (χ1) is 13.9. The second-order valence-electron chi connectivity index (χ2n) is 8.71. The smallest absolute Gasteiger partial charge is 0.262 e. The summed E-state index contributed by atoms with van der Waals surface area (Å²) in [5.41, 5.74) is 0.601.